The molecule has 100 valence electrons. The smallest absolute Gasteiger partial charge is 0.176 e. The number of ether oxygens (including phenoxy) is 1. The van der Waals surface area contributed by atoms with Crippen molar-refractivity contribution in [2.24, 2.45) is 0 Å². The summed E-state index contributed by atoms with van der Waals surface area (Å²) in [5.74, 6) is 0.151. The summed E-state index contributed by atoms with van der Waals surface area (Å²) in [5, 5.41) is 0. The molecule has 1 aromatic carbocycles. The minimum atomic E-state index is 0.151. The van der Waals surface area contributed by atoms with Crippen molar-refractivity contribution in [3.63, 3.8) is 0 Å². The van der Waals surface area contributed by atoms with E-state index in [2.05, 4.69) is 22.6 Å². The number of hydrogen-bond acceptors (Lipinski definition) is 3. The van der Waals surface area contributed by atoms with Gasteiger partial charge in [0.25, 0.3) is 0 Å². The van der Waals surface area contributed by atoms with Gasteiger partial charge in [-0.2, -0.15) is 0 Å². The third kappa shape index (κ3) is 5.93. The Labute approximate surface area is 123 Å². The van der Waals surface area contributed by atoms with Crippen LogP contribution in [0.15, 0.2) is 24.3 Å². The summed E-state index contributed by atoms with van der Waals surface area (Å²) >= 11 is 2.23. The highest BCUT2D eigenvalue weighted by atomic mass is 127. The molecule has 0 aliphatic carbocycles. The number of likely N-dealkylation sites (N-methyl/N-ethyl adjacent to an activating group) is 1. The van der Waals surface area contributed by atoms with Gasteiger partial charge in [-0.3, -0.25) is 9.69 Å². The summed E-state index contributed by atoms with van der Waals surface area (Å²) in [7, 11) is 1.94. The molecule has 0 amide bonds. The Morgan fingerprint density at radius 3 is 2.50 bits per heavy atom. The molecule has 0 radical (unpaired) electrons. The van der Waals surface area contributed by atoms with Crippen LogP contribution in [0.25, 0.3) is 0 Å². The Bertz CT molecular complexity index is 376. The second-order valence-electron chi connectivity index (χ2n) is 4.59. The van der Waals surface area contributed by atoms with Gasteiger partial charge in [-0.1, -0.05) is 12.1 Å². The van der Waals surface area contributed by atoms with Gasteiger partial charge in [0.2, 0.25) is 0 Å². The Morgan fingerprint density at radius 1 is 1.33 bits per heavy atom. The molecule has 0 spiro atoms. The van der Waals surface area contributed by atoms with Crippen molar-refractivity contribution in [3.8, 4) is 0 Å². The van der Waals surface area contributed by atoms with Crippen LogP contribution in [0.4, 0.5) is 0 Å². The first-order valence-electron chi connectivity index (χ1n) is 6.08. The van der Waals surface area contributed by atoms with Crippen LogP contribution in [0.3, 0.4) is 0 Å². The van der Waals surface area contributed by atoms with Crippen LogP contribution in [-0.2, 0) is 4.74 Å². The molecule has 0 bridgehead atoms. The standard InChI is InChI=1S/C14H20INO2/c1-11(2)18-9-8-16(3)10-14(17)12-4-6-13(15)7-5-12/h4-7,11H,8-10H2,1-3H3. The summed E-state index contributed by atoms with van der Waals surface area (Å²) in [6.07, 6.45) is 0.241. The molecule has 0 saturated heterocycles. The Hall–Kier alpha value is -0.460. The van der Waals surface area contributed by atoms with Crippen molar-refractivity contribution in [3.05, 3.63) is 33.4 Å². The lowest BCUT2D eigenvalue weighted by Gasteiger charge is -2.16. The minimum absolute atomic E-state index is 0.151. The number of hydrogen-bond donors (Lipinski definition) is 0. The maximum absolute atomic E-state index is 12.0. The van der Waals surface area contributed by atoms with E-state index in [0.717, 1.165) is 15.7 Å². The molecular weight excluding hydrogens is 341 g/mol. The average Bonchev–Trinajstić information content (AvgIpc) is 2.29. The molecule has 3 nitrogen and oxygen atoms in total. The molecule has 0 aromatic heterocycles. The molecule has 1 rings (SSSR count). The van der Waals surface area contributed by atoms with E-state index < -0.39 is 0 Å². The predicted octanol–water partition coefficient (Wildman–Crippen LogP) is 2.83. The van der Waals surface area contributed by atoms with Crippen LogP contribution >= 0.6 is 22.6 Å². The lowest BCUT2D eigenvalue weighted by molar-refractivity contribution is 0.0619. The number of Topliss-reactive ketones (excluding diaryl/α,β-unsaturated/α-hetero) is 1. The summed E-state index contributed by atoms with van der Waals surface area (Å²) in [5.41, 5.74) is 0.770. The molecule has 0 N–H and O–H groups in total. The number of rotatable bonds is 7. The van der Waals surface area contributed by atoms with Gasteiger partial charge >= 0.3 is 0 Å². The first-order valence-corrected chi connectivity index (χ1v) is 7.16. The second kappa shape index (κ2) is 7.86. The number of ketones is 1. The van der Waals surface area contributed by atoms with Gasteiger partial charge in [0, 0.05) is 15.7 Å². The third-order valence-electron chi connectivity index (χ3n) is 2.50. The number of halogens is 1. The number of carbonyl (C=O) groups is 1. The second-order valence-corrected chi connectivity index (χ2v) is 5.83. The van der Waals surface area contributed by atoms with Gasteiger partial charge in [-0.15, -0.1) is 0 Å². The van der Waals surface area contributed by atoms with Gasteiger partial charge in [0.15, 0.2) is 5.78 Å². The molecular formula is C14H20INO2. The first-order chi connectivity index (χ1) is 8.49. The zero-order valence-corrected chi connectivity index (χ0v) is 13.3. The molecule has 0 unspecified atom stereocenters. The number of nitrogens with zero attached hydrogens (tertiary/aromatic N) is 1. The highest BCUT2D eigenvalue weighted by molar-refractivity contribution is 14.1. The topological polar surface area (TPSA) is 29.5 Å². The van der Waals surface area contributed by atoms with Gasteiger partial charge in [0.1, 0.15) is 0 Å². The highest BCUT2D eigenvalue weighted by Crippen LogP contribution is 2.07. The van der Waals surface area contributed by atoms with E-state index in [4.69, 9.17) is 4.74 Å². The van der Waals surface area contributed by atoms with E-state index >= 15 is 0 Å². The van der Waals surface area contributed by atoms with Gasteiger partial charge in [0.05, 0.1) is 19.3 Å². The van der Waals surface area contributed by atoms with Crippen molar-refractivity contribution in [1.82, 2.24) is 4.90 Å². The lowest BCUT2D eigenvalue weighted by atomic mass is 10.1. The molecule has 0 fully saturated rings. The van der Waals surface area contributed by atoms with E-state index in [1.54, 1.807) is 0 Å². The Kier molecular flexibility index (Phi) is 6.81. The molecule has 1 aromatic rings. The van der Waals surface area contributed by atoms with Crippen molar-refractivity contribution in [2.75, 3.05) is 26.7 Å². The van der Waals surface area contributed by atoms with Crippen molar-refractivity contribution < 1.29 is 9.53 Å². The number of benzene rings is 1. The van der Waals surface area contributed by atoms with Gasteiger partial charge in [-0.25, -0.2) is 0 Å². The number of carbonyl (C=O) groups excluding carboxylic acids is 1. The van der Waals surface area contributed by atoms with E-state index in [1.165, 1.54) is 0 Å². The minimum Gasteiger partial charge on any atom is -0.377 e. The van der Waals surface area contributed by atoms with Crippen LogP contribution in [-0.4, -0.2) is 43.5 Å². The molecule has 0 aliphatic rings. The zero-order chi connectivity index (χ0) is 13.5. The summed E-state index contributed by atoms with van der Waals surface area (Å²) in [4.78, 5) is 14.0. The average molecular weight is 361 g/mol. The van der Waals surface area contributed by atoms with Crippen LogP contribution in [0.5, 0.6) is 0 Å². The Morgan fingerprint density at radius 2 is 1.94 bits per heavy atom. The fraction of sp³-hybridized carbons (Fsp3) is 0.500. The third-order valence-corrected chi connectivity index (χ3v) is 3.22. The van der Waals surface area contributed by atoms with Crippen LogP contribution in [0.2, 0.25) is 0 Å². The molecule has 0 aliphatic heterocycles. The van der Waals surface area contributed by atoms with Crippen molar-refractivity contribution >= 4 is 28.4 Å². The van der Waals surface area contributed by atoms with Crippen LogP contribution in [0.1, 0.15) is 24.2 Å². The van der Waals surface area contributed by atoms with Crippen LogP contribution in [0, 0.1) is 3.57 Å². The maximum Gasteiger partial charge on any atom is 0.176 e. The normalized spacial score (nSPS) is 11.2. The van der Waals surface area contributed by atoms with E-state index in [-0.39, 0.29) is 11.9 Å². The van der Waals surface area contributed by atoms with Crippen molar-refractivity contribution in [1.29, 1.82) is 0 Å². The summed E-state index contributed by atoms with van der Waals surface area (Å²) in [6.45, 7) is 5.89. The fourth-order valence-corrected chi connectivity index (χ4v) is 1.86. The maximum atomic E-state index is 12.0. The highest BCUT2D eigenvalue weighted by Gasteiger charge is 2.09. The van der Waals surface area contributed by atoms with Crippen molar-refractivity contribution in [2.45, 2.75) is 20.0 Å². The predicted molar refractivity (Wildman–Crippen MR) is 82.1 cm³/mol. The summed E-state index contributed by atoms with van der Waals surface area (Å²) in [6, 6.07) is 7.66. The largest absolute Gasteiger partial charge is 0.377 e. The lowest BCUT2D eigenvalue weighted by Crippen LogP contribution is -2.29. The molecule has 0 heterocycles. The molecule has 0 atom stereocenters. The van der Waals surface area contributed by atoms with E-state index in [9.17, 15) is 4.79 Å². The van der Waals surface area contributed by atoms with E-state index in [0.29, 0.717) is 13.2 Å². The fourth-order valence-electron chi connectivity index (χ4n) is 1.50. The van der Waals surface area contributed by atoms with Crippen LogP contribution < -0.4 is 0 Å². The monoisotopic (exact) mass is 361 g/mol. The van der Waals surface area contributed by atoms with Gasteiger partial charge in [-0.05, 0) is 55.6 Å². The Balaban J connectivity index is 2.37. The zero-order valence-electron chi connectivity index (χ0n) is 11.1. The van der Waals surface area contributed by atoms with E-state index in [1.807, 2.05) is 50.1 Å². The SMILES string of the molecule is CC(C)OCCN(C)CC(=O)c1ccc(I)cc1. The first kappa shape index (κ1) is 15.6. The van der Waals surface area contributed by atoms with Gasteiger partial charge < -0.3 is 4.74 Å². The quantitative estimate of drug-likeness (QED) is 0.553. The molecule has 4 heteroatoms. The molecule has 0 saturated carbocycles. The summed E-state index contributed by atoms with van der Waals surface area (Å²) < 4.78 is 6.60. The molecule has 18 heavy (non-hydrogen) atoms.